The molecule has 4 rings (SSSR count). The van der Waals surface area contributed by atoms with E-state index in [2.05, 4.69) is 0 Å². The average molecular weight is 410 g/mol. The summed E-state index contributed by atoms with van der Waals surface area (Å²) in [5, 5.41) is 0.959. The first kappa shape index (κ1) is 19.4. The van der Waals surface area contributed by atoms with Gasteiger partial charge >= 0.3 is 0 Å². The molecule has 1 atom stereocenters. The molecule has 1 aromatic heterocycles. The molecule has 29 heavy (non-hydrogen) atoms. The molecule has 7 heteroatoms. The maximum absolute atomic E-state index is 13.0. The van der Waals surface area contributed by atoms with Gasteiger partial charge in [-0.3, -0.25) is 9.59 Å². The van der Waals surface area contributed by atoms with Gasteiger partial charge in [-0.15, -0.1) is 11.3 Å². The molecule has 3 aromatic rings. The molecule has 6 nitrogen and oxygen atoms in total. The van der Waals surface area contributed by atoms with Crippen molar-refractivity contribution in [2.45, 2.75) is 6.10 Å². The van der Waals surface area contributed by atoms with E-state index in [1.165, 1.54) is 11.3 Å². The number of morpholine rings is 1. The quantitative estimate of drug-likeness (QED) is 0.718. The van der Waals surface area contributed by atoms with Gasteiger partial charge in [-0.25, -0.2) is 0 Å². The number of rotatable bonds is 4. The van der Waals surface area contributed by atoms with Crippen molar-refractivity contribution in [3.05, 3.63) is 64.5 Å². The van der Waals surface area contributed by atoms with Crippen LogP contribution in [0.2, 0.25) is 0 Å². The van der Waals surface area contributed by atoms with Crippen molar-refractivity contribution in [2.75, 3.05) is 38.7 Å². The third-order valence-electron chi connectivity index (χ3n) is 5.16. The zero-order chi connectivity index (χ0) is 20.5. The van der Waals surface area contributed by atoms with Crippen molar-refractivity contribution in [1.82, 2.24) is 4.90 Å². The zero-order valence-corrected chi connectivity index (χ0v) is 17.2. The minimum absolute atomic E-state index is 0.0382. The molecule has 2 amide bonds. The fourth-order valence-electron chi connectivity index (χ4n) is 3.66. The van der Waals surface area contributed by atoms with Crippen molar-refractivity contribution < 1.29 is 14.3 Å². The van der Waals surface area contributed by atoms with Crippen LogP contribution in [0.3, 0.4) is 0 Å². The summed E-state index contributed by atoms with van der Waals surface area (Å²) in [4.78, 5) is 29.4. The molecule has 0 bridgehead atoms. The molecule has 2 aromatic carbocycles. The number of primary amides is 1. The van der Waals surface area contributed by atoms with Crippen LogP contribution in [-0.2, 0) is 4.74 Å². The Hall–Kier alpha value is -2.90. The molecule has 2 N–H and O–H groups in total. The van der Waals surface area contributed by atoms with E-state index in [9.17, 15) is 9.59 Å². The van der Waals surface area contributed by atoms with Crippen LogP contribution in [0.25, 0.3) is 10.1 Å². The van der Waals surface area contributed by atoms with E-state index < -0.39 is 5.91 Å². The van der Waals surface area contributed by atoms with Crippen molar-refractivity contribution in [3.63, 3.8) is 0 Å². The van der Waals surface area contributed by atoms with Crippen LogP contribution in [0, 0.1) is 0 Å². The maximum atomic E-state index is 13.0. The number of carbonyl (C=O) groups is 2. The highest BCUT2D eigenvalue weighted by atomic mass is 32.1. The number of fused-ring (bicyclic) bond motifs is 1. The summed E-state index contributed by atoms with van der Waals surface area (Å²) in [5.41, 5.74) is 8.11. The smallest absolute Gasteiger partial charge is 0.259 e. The first-order chi connectivity index (χ1) is 14.0. The van der Waals surface area contributed by atoms with E-state index in [4.69, 9.17) is 10.5 Å². The summed E-state index contributed by atoms with van der Waals surface area (Å²) >= 11 is 1.37. The van der Waals surface area contributed by atoms with E-state index in [-0.39, 0.29) is 12.0 Å². The number of nitrogens with zero attached hydrogens (tertiary/aromatic N) is 2. The third kappa shape index (κ3) is 3.71. The summed E-state index contributed by atoms with van der Waals surface area (Å²) in [6.07, 6.45) is -0.382. The van der Waals surface area contributed by atoms with E-state index in [1.807, 2.05) is 67.5 Å². The summed E-state index contributed by atoms with van der Waals surface area (Å²) in [7, 11) is 3.93. The molecule has 150 valence electrons. The monoisotopic (exact) mass is 409 g/mol. The van der Waals surface area contributed by atoms with Crippen molar-refractivity contribution in [3.8, 4) is 0 Å². The van der Waals surface area contributed by atoms with Gasteiger partial charge in [-0.2, -0.15) is 0 Å². The Morgan fingerprint density at radius 1 is 1.14 bits per heavy atom. The first-order valence-corrected chi connectivity index (χ1v) is 10.3. The molecule has 0 radical (unpaired) electrons. The minimum Gasteiger partial charge on any atom is -0.378 e. The lowest BCUT2D eigenvalue weighted by Crippen LogP contribution is -2.42. The largest absolute Gasteiger partial charge is 0.378 e. The fraction of sp³-hybridized carbons (Fsp3) is 0.273. The number of carbonyl (C=O) groups excluding carboxylic acids is 2. The molecule has 0 saturated carbocycles. The second-order valence-corrected chi connectivity index (χ2v) is 8.31. The average Bonchev–Trinajstić information content (AvgIpc) is 3.13. The predicted octanol–water partition coefficient (Wildman–Crippen LogP) is 3.28. The normalized spacial score (nSPS) is 16.8. The lowest BCUT2D eigenvalue weighted by molar-refractivity contribution is -0.0222. The Morgan fingerprint density at radius 2 is 1.86 bits per heavy atom. The summed E-state index contributed by atoms with van der Waals surface area (Å²) in [6.45, 7) is 1.31. The Balaban J connectivity index is 1.62. The van der Waals surface area contributed by atoms with Crippen LogP contribution in [0.4, 0.5) is 5.69 Å². The van der Waals surface area contributed by atoms with Crippen molar-refractivity contribution in [2.24, 2.45) is 5.73 Å². The Labute approximate surface area is 173 Å². The van der Waals surface area contributed by atoms with Crippen LogP contribution >= 0.6 is 11.3 Å². The second-order valence-electron chi connectivity index (χ2n) is 7.26. The van der Waals surface area contributed by atoms with Gasteiger partial charge in [0, 0.05) is 42.2 Å². The molecule has 1 saturated heterocycles. The van der Waals surface area contributed by atoms with Gasteiger partial charge in [0.15, 0.2) is 0 Å². The number of ether oxygens (including phenoxy) is 1. The molecule has 1 aliphatic rings. The van der Waals surface area contributed by atoms with Gasteiger partial charge in [-0.05, 0) is 35.7 Å². The highest BCUT2D eigenvalue weighted by Crippen LogP contribution is 2.38. The van der Waals surface area contributed by atoms with Crippen LogP contribution < -0.4 is 10.6 Å². The highest BCUT2D eigenvalue weighted by Gasteiger charge is 2.31. The number of thiophene rings is 1. The van der Waals surface area contributed by atoms with E-state index in [0.717, 1.165) is 21.3 Å². The van der Waals surface area contributed by atoms with Gasteiger partial charge < -0.3 is 20.3 Å². The number of nitrogens with two attached hydrogens (primary N) is 1. The van der Waals surface area contributed by atoms with Gasteiger partial charge in [-0.1, -0.05) is 18.2 Å². The Morgan fingerprint density at radius 3 is 2.55 bits per heavy atom. The van der Waals surface area contributed by atoms with E-state index in [1.54, 1.807) is 4.90 Å². The number of anilines is 1. The summed E-state index contributed by atoms with van der Waals surface area (Å²) < 4.78 is 6.98. The standard InChI is InChI=1S/C22H23N3O3S/c1-24(2)15-9-7-14(8-10-15)22(27)25-11-12-28-17(13-25)19-16-5-3-4-6-18(16)29-20(19)21(23)26/h3-10,17H,11-13H2,1-2H3,(H2,23,26)/t17-/m1/s1. The van der Waals surface area contributed by atoms with Crippen LogP contribution in [0.15, 0.2) is 48.5 Å². The van der Waals surface area contributed by atoms with E-state index in [0.29, 0.717) is 30.1 Å². The molecule has 0 unspecified atom stereocenters. The lowest BCUT2D eigenvalue weighted by Gasteiger charge is -2.33. The van der Waals surface area contributed by atoms with Crippen LogP contribution in [0.1, 0.15) is 31.7 Å². The molecule has 2 heterocycles. The lowest BCUT2D eigenvalue weighted by atomic mass is 10.0. The van der Waals surface area contributed by atoms with Crippen LogP contribution in [-0.4, -0.2) is 50.5 Å². The zero-order valence-electron chi connectivity index (χ0n) is 16.4. The van der Waals surface area contributed by atoms with Gasteiger partial charge in [0.25, 0.3) is 11.8 Å². The molecule has 0 aliphatic carbocycles. The van der Waals surface area contributed by atoms with Crippen LogP contribution in [0.5, 0.6) is 0 Å². The number of benzene rings is 2. The summed E-state index contributed by atoms with van der Waals surface area (Å²) in [6, 6.07) is 15.4. The number of hydrogen-bond acceptors (Lipinski definition) is 5. The third-order valence-corrected chi connectivity index (χ3v) is 6.37. The fourth-order valence-corrected chi connectivity index (χ4v) is 4.77. The number of hydrogen-bond donors (Lipinski definition) is 1. The van der Waals surface area contributed by atoms with Gasteiger partial charge in [0.05, 0.1) is 18.0 Å². The van der Waals surface area contributed by atoms with E-state index >= 15 is 0 Å². The Bertz CT molecular complexity index is 1060. The van der Waals surface area contributed by atoms with Gasteiger partial charge in [0.2, 0.25) is 0 Å². The SMILES string of the molecule is CN(C)c1ccc(C(=O)N2CCO[C@@H](c3c(C(N)=O)sc4ccccc34)C2)cc1. The minimum atomic E-state index is -0.465. The molecule has 1 fully saturated rings. The van der Waals surface area contributed by atoms with Gasteiger partial charge in [0.1, 0.15) is 6.10 Å². The molecule has 0 spiro atoms. The molecule has 1 aliphatic heterocycles. The summed E-state index contributed by atoms with van der Waals surface area (Å²) in [5.74, 6) is -0.503. The first-order valence-electron chi connectivity index (χ1n) is 9.45. The predicted molar refractivity (Wildman–Crippen MR) is 116 cm³/mol. The van der Waals surface area contributed by atoms with Crippen molar-refractivity contribution in [1.29, 1.82) is 0 Å². The second kappa shape index (κ2) is 7.85. The maximum Gasteiger partial charge on any atom is 0.259 e. The van der Waals surface area contributed by atoms with Crippen molar-refractivity contribution >= 4 is 38.9 Å². The highest BCUT2D eigenvalue weighted by molar-refractivity contribution is 7.21. The number of amides is 2. The topological polar surface area (TPSA) is 75.9 Å². The molecular weight excluding hydrogens is 386 g/mol. The molecular formula is C22H23N3O3S. The Kier molecular flexibility index (Phi) is 5.25.